The largest absolute Gasteiger partial charge is 0.496 e. The maximum atomic E-state index is 13.1. The van der Waals surface area contributed by atoms with Gasteiger partial charge in [0.2, 0.25) is 5.91 Å². The van der Waals surface area contributed by atoms with Gasteiger partial charge in [0.15, 0.2) is 0 Å². The number of hydrogen-bond donors (Lipinski definition) is 1. The second-order valence-electron chi connectivity index (χ2n) is 11.0. The van der Waals surface area contributed by atoms with Crippen molar-refractivity contribution < 1.29 is 19.1 Å². The molecule has 0 aromatic heterocycles. The molecule has 7 rings (SSSR count). The summed E-state index contributed by atoms with van der Waals surface area (Å²) in [5.74, 6) is 2.29. The van der Waals surface area contributed by atoms with E-state index in [1.807, 2.05) is 18.2 Å². The monoisotopic (exact) mass is 580 g/mol. The summed E-state index contributed by atoms with van der Waals surface area (Å²) in [6.07, 6.45) is 9.62. The van der Waals surface area contributed by atoms with Gasteiger partial charge in [-0.3, -0.25) is 19.3 Å². The predicted molar refractivity (Wildman–Crippen MR) is 148 cm³/mol. The number of nitrogens with one attached hydrogen (secondary N) is 1. The summed E-state index contributed by atoms with van der Waals surface area (Å²) < 4.78 is 6.52. The maximum Gasteiger partial charge on any atom is 0.294 e. The van der Waals surface area contributed by atoms with Gasteiger partial charge in [-0.15, -0.1) is 0 Å². The van der Waals surface area contributed by atoms with Crippen LogP contribution in [0.2, 0.25) is 0 Å². The molecule has 0 atom stereocenters. The molecule has 8 heteroatoms. The summed E-state index contributed by atoms with van der Waals surface area (Å²) in [7, 11) is 1.62. The van der Waals surface area contributed by atoms with Crippen molar-refractivity contribution in [1.82, 2.24) is 4.90 Å². The molecular formula is C29H29BrN2O4S. The fourth-order valence-electron chi connectivity index (χ4n) is 7.30. The summed E-state index contributed by atoms with van der Waals surface area (Å²) >= 11 is 4.23. The van der Waals surface area contributed by atoms with Crippen LogP contribution in [-0.2, 0) is 15.0 Å². The SMILES string of the molecule is COc1ccc(C23CC4CC(CC(C4)C2)C3)cc1/C=C1/SC(=O)N(CC(=O)Nc2ccc(Br)cc2)C1=O. The van der Waals surface area contributed by atoms with Gasteiger partial charge in [0.1, 0.15) is 12.3 Å². The van der Waals surface area contributed by atoms with Crippen molar-refractivity contribution >= 4 is 56.5 Å². The Balaban J connectivity index is 1.22. The molecule has 2 aromatic rings. The van der Waals surface area contributed by atoms with Crippen molar-refractivity contribution in [1.29, 1.82) is 0 Å². The van der Waals surface area contributed by atoms with Crippen molar-refractivity contribution in [3.8, 4) is 5.75 Å². The van der Waals surface area contributed by atoms with Gasteiger partial charge in [-0.05, 0) is 121 Å². The van der Waals surface area contributed by atoms with E-state index in [4.69, 9.17) is 4.74 Å². The van der Waals surface area contributed by atoms with Crippen LogP contribution < -0.4 is 10.1 Å². The number of methoxy groups -OCH3 is 1. The Labute approximate surface area is 229 Å². The lowest BCUT2D eigenvalue weighted by molar-refractivity contribution is -0.127. The molecule has 4 aliphatic carbocycles. The Kier molecular flexibility index (Phi) is 6.43. The van der Waals surface area contributed by atoms with Crippen molar-refractivity contribution in [3.05, 3.63) is 63.0 Å². The highest BCUT2D eigenvalue weighted by Crippen LogP contribution is 2.61. The molecule has 4 bridgehead atoms. The molecule has 2 aromatic carbocycles. The Bertz CT molecular complexity index is 1270. The van der Waals surface area contributed by atoms with Crippen LogP contribution in [0.25, 0.3) is 6.08 Å². The van der Waals surface area contributed by atoms with E-state index in [1.54, 1.807) is 25.3 Å². The zero-order valence-electron chi connectivity index (χ0n) is 20.7. The first-order valence-electron chi connectivity index (χ1n) is 12.8. The first-order chi connectivity index (χ1) is 17.8. The van der Waals surface area contributed by atoms with Crippen molar-refractivity contribution in [2.24, 2.45) is 17.8 Å². The van der Waals surface area contributed by atoms with E-state index in [0.29, 0.717) is 16.3 Å². The molecule has 1 heterocycles. The van der Waals surface area contributed by atoms with E-state index in [9.17, 15) is 14.4 Å². The Hall–Kier alpha value is -2.58. The van der Waals surface area contributed by atoms with Crippen molar-refractivity contribution in [2.75, 3.05) is 19.0 Å². The number of thioether (sulfide) groups is 1. The molecule has 6 nitrogen and oxygen atoms in total. The zero-order chi connectivity index (χ0) is 25.7. The molecule has 0 spiro atoms. The minimum Gasteiger partial charge on any atom is -0.496 e. The molecule has 4 saturated carbocycles. The zero-order valence-corrected chi connectivity index (χ0v) is 23.1. The van der Waals surface area contributed by atoms with Crippen LogP contribution in [-0.4, -0.2) is 35.6 Å². The number of ether oxygens (including phenoxy) is 1. The second-order valence-corrected chi connectivity index (χ2v) is 12.9. The standard InChI is InChI=1S/C29H29BrN2O4S/c1-36-24-7-2-21(29-13-17-8-18(14-29)10-19(9-17)15-29)11-20(24)12-25-27(34)32(28(35)37-25)16-26(33)31-23-5-3-22(30)4-6-23/h2-7,11-12,17-19H,8-10,13-16H2,1H3,(H,31,33)/b25-12+. The summed E-state index contributed by atoms with van der Waals surface area (Å²) in [5, 5.41) is 2.29. The average Bonchev–Trinajstić information content (AvgIpc) is 3.12. The minimum absolute atomic E-state index is 0.216. The van der Waals surface area contributed by atoms with Gasteiger partial charge in [0.05, 0.1) is 12.0 Å². The molecule has 3 amide bonds. The predicted octanol–water partition coefficient (Wildman–Crippen LogP) is 6.60. The summed E-state index contributed by atoms with van der Waals surface area (Å²) in [6.45, 7) is -0.331. The first kappa shape index (κ1) is 24.7. The number of imide groups is 1. The third-order valence-corrected chi connectivity index (χ3v) is 9.91. The molecule has 1 aliphatic heterocycles. The minimum atomic E-state index is -0.455. The molecule has 1 saturated heterocycles. The Morgan fingerprint density at radius 3 is 2.35 bits per heavy atom. The summed E-state index contributed by atoms with van der Waals surface area (Å²) in [6, 6.07) is 13.5. The molecule has 1 N–H and O–H groups in total. The molecule has 0 unspecified atom stereocenters. The fourth-order valence-corrected chi connectivity index (χ4v) is 8.39. The summed E-state index contributed by atoms with van der Waals surface area (Å²) in [4.78, 5) is 39.7. The van der Waals surface area contributed by atoms with Gasteiger partial charge in [0, 0.05) is 15.7 Å². The number of carbonyl (C=O) groups is 3. The highest BCUT2D eigenvalue weighted by atomic mass is 79.9. The van der Waals surface area contributed by atoms with Crippen molar-refractivity contribution in [2.45, 2.75) is 43.9 Å². The van der Waals surface area contributed by atoms with Crippen molar-refractivity contribution in [3.63, 3.8) is 0 Å². The van der Waals surface area contributed by atoms with Gasteiger partial charge >= 0.3 is 0 Å². The number of nitrogens with zero attached hydrogens (tertiary/aromatic N) is 1. The lowest BCUT2D eigenvalue weighted by Crippen LogP contribution is -2.48. The third kappa shape index (κ3) is 4.74. The molecule has 192 valence electrons. The van der Waals surface area contributed by atoms with Crippen LogP contribution in [0, 0.1) is 17.8 Å². The van der Waals surface area contributed by atoms with Crippen LogP contribution in [0.5, 0.6) is 5.75 Å². The van der Waals surface area contributed by atoms with Gasteiger partial charge in [-0.2, -0.15) is 0 Å². The number of amides is 3. The van der Waals surface area contributed by atoms with E-state index in [2.05, 4.69) is 33.4 Å². The van der Waals surface area contributed by atoms with E-state index in [0.717, 1.165) is 44.5 Å². The Morgan fingerprint density at radius 2 is 1.73 bits per heavy atom. The van der Waals surface area contributed by atoms with E-state index in [-0.39, 0.29) is 12.0 Å². The first-order valence-corrected chi connectivity index (χ1v) is 14.4. The van der Waals surface area contributed by atoms with Crippen LogP contribution >= 0.6 is 27.7 Å². The molecule has 37 heavy (non-hydrogen) atoms. The normalized spacial score (nSPS) is 29.3. The van der Waals surface area contributed by atoms with Gasteiger partial charge < -0.3 is 10.1 Å². The number of benzene rings is 2. The maximum absolute atomic E-state index is 13.1. The molecular weight excluding hydrogens is 552 g/mol. The van der Waals surface area contributed by atoms with Gasteiger partial charge in [-0.25, -0.2) is 0 Å². The van der Waals surface area contributed by atoms with E-state index < -0.39 is 17.1 Å². The highest BCUT2D eigenvalue weighted by molar-refractivity contribution is 9.10. The number of anilines is 1. The number of halogens is 1. The molecule has 0 radical (unpaired) electrons. The smallest absolute Gasteiger partial charge is 0.294 e. The van der Waals surface area contributed by atoms with Crippen LogP contribution in [0.3, 0.4) is 0 Å². The topological polar surface area (TPSA) is 75.7 Å². The highest BCUT2D eigenvalue weighted by Gasteiger charge is 2.51. The number of rotatable bonds is 6. The quantitative estimate of drug-likeness (QED) is 0.389. The van der Waals surface area contributed by atoms with Crippen LogP contribution in [0.1, 0.15) is 49.7 Å². The van der Waals surface area contributed by atoms with Crippen LogP contribution in [0.15, 0.2) is 51.8 Å². The number of hydrogen-bond acceptors (Lipinski definition) is 5. The molecule has 5 fully saturated rings. The molecule has 5 aliphatic rings. The second kappa shape index (κ2) is 9.62. The summed E-state index contributed by atoms with van der Waals surface area (Å²) in [5.41, 5.74) is 2.95. The van der Waals surface area contributed by atoms with E-state index in [1.165, 1.54) is 44.1 Å². The lowest BCUT2D eigenvalue weighted by atomic mass is 9.48. The Morgan fingerprint density at radius 1 is 1.08 bits per heavy atom. The van der Waals surface area contributed by atoms with Gasteiger partial charge in [-0.1, -0.05) is 22.0 Å². The van der Waals surface area contributed by atoms with Crippen LogP contribution in [0.4, 0.5) is 10.5 Å². The van der Waals surface area contributed by atoms with Gasteiger partial charge in [0.25, 0.3) is 11.1 Å². The lowest BCUT2D eigenvalue weighted by Gasteiger charge is -2.57. The number of carbonyl (C=O) groups excluding carboxylic acids is 3. The third-order valence-electron chi connectivity index (χ3n) is 8.47. The fraction of sp³-hybridized carbons (Fsp3) is 0.414. The average molecular weight is 582 g/mol. The van der Waals surface area contributed by atoms with E-state index >= 15 is 0 Å².